The van der Waals surface area contributed by atoms with Crippen LogP contribution in [-0.2, 0) is 22.6 Å². The molecule has 7 heteroatoms. The molecule has 0 radical (unpaired) electrons. The minimum Gasteiger partial charge on any atom is -0.497 e. The Balaban J connectivity index is 2.27. The maximum absolute atomic E-state index is 13.5. The molecule has 2 rings (SSSR count). The first-order chi connectivity index (χ1) is 16.1. The van der Waals surface area contributed by atoms with E-state index >= 15 is 0 Å². The first kappa shape index (κ1) is 27.0. The molecular formula is C27H38N2O5. The van der Waals surface area contributed by atoms with Crippen molar-refractivity contribution in [3.63, 3.8) is 0 Å². The monoisotopic (exact) mass is 470 g/mol. The molecule has 0 aromatic heterocycles. The summed E-state index contributed by atoms with van der Waals surface area (Å²) in [5.74, 6) is 1.73. The number of carbonyl (C=O) groups excluding carboxylic acids is 2. The maximum Gasteiger partial charge on any atom is 0.243 e. The zero-order chi connectivity index (χ0) is 25.3. The summed E-state index contributed by atoms with van der Waals surface area (Å²) in [6, 6.07) is 12.6. The van der Waals surface area contributed by atoms with Gasteiger partial charge in [-0.05, 0) is 69.0 Å². The standard InChI is InChI=1S/C27H38N2O5/c1-8-22(26(31)28-27(2,3)4)29(18-20-10-9-11-21(16-20)32-5)25(30)15-13-19-12-14-23(33-6)24(17-19)34-7/h9-12,14,16-17,22H,8,13,15,18H2,1-7H3,(H,28,31)/t22-/m0/s1. The van der Waals surface area contributed by atoms with E-state index in [4.69, 9.17) is 14.2 Å². The lowest BCUT2D eigenvalue weighted by Crippen LogP contribution is -2.53. The van der Waals surface area contributed by atoms with Crippen LogP contribution in [0.25, 0.3) is 0 Å². The Hall–Kier alpha value is -3.22. The van der Waals surface area contributed by atoms with Crippen LogP contribution in [0.4, 0.5) is 0 Å². The van der Waals surface area contributed by atoms with E-state index < -0.39 is 11.6 Å². The third-order valence-electron chi connectivity index (χ3n) is 5.45. The van der Waals surface area contributed by atoms with Crippen molar-refractivity contribution in [2.24, 2.45) is 0 Å². The van der Waals surface area contributed by atoms with Crippen molar-refractivity contribution in [3.8, 4) is 17.2 Å². The Morgan fingerprint density at radius 2 is 1.65 bits per heavy atom. The molecular weight excluding hydrogens is 432 g/mol. The van der Waals surface area contributed by atoms with Crippen molar-refractivity contribution in [2.45, 2.75) is 65.1 Å². The second-order valence-corrected chi connectivity index (χ2v) is 9.23. The summed E-state index contributed by atoms with van der Waals surface area (Å²) in [5.41, 5.74) is 1.47. The molecule has 2 amide bonds. The van der Waals surface area contributed by atoms with Crippen molar-refractivity contribution < 1.29 is 23.8 Å². The van der Waals surface area contributed by atoms with Gasteiger partial charge in [0.15, 0.2) is 11.5 Å². The van der Waals surface area contributed by atoms with Crippen molar-refractivity contribution in [3.05, 3.63) is 53.6 Å². The van der Waals surface area contributed by atoms with E-state index in [1.165, 1.54) is 0 Å². The van der Waals surface area contributed by atoms with Crippen LogP contribution >= 0.6 is 0 Å². The number of nitrogens with zero attached hydrogens (tertiary/aromatic N) is 1. The zero-order valence-electron chi connectivity index (χ0n) is 21.4. The van der Waals surface area contributed by atoms with Gasteiger partial charge in [0.1, 0.15) is 11.8 Å². The molecule has 186 valence electrons. The Bertz CT molecular complexity index is 968. The number of hydrogen-bond donors (Lipinski definition) is 1. The number of rotatable bonds is 11. The highest BCUT2D eigenvalue weighted by atomic mass is 16.5. The Morgan fingerprint density at radius 3 is 2.24 bits per heavy atom. The summed E-state index contributed by atoms with van der Waals surface area (Å²) in [7, 11) is 4.78. The second kappa shape index (κ2) is 12.3. The number of methoxy groups -OCH3 is 3. The fraction of sp³-hybridized carbons (Fsp3) is 0.481. The number of ether oxygens (including phenoxy) is 3. The van der Waals surface area contributed by atoms with Gasteiger partial charge in [0.2, 0.25) is 11.8 Å². The molecule has 7 nitrogen and oxygen atoms in total. The number of aryl methyl sites for hydroxylation is 1. The van der Waals surface area contributed by atoms with Gasteiger partial charge < -0.3 is 24.4 Å². The average molecular weight is 471 g/mol. The number of benzene rings is 2. The zero-order valence-corrected chi connectivity index (χ0v) is 21.4. The van der Waals surface area contributed by atoms with Gasteiger partial charge in [-0.15, -0.1) is 0 Å². The normalized spacial score (nSPS) is 12.0. The number of carbonyl (C=O) groups is 2. The lowest BCUT2D eigenvalue weighted by molar-refractivity contribution is -0.142. The molecule has 0 aliphatic rings. The molecule has 0 unspecified atom stereocenters. The first-order valence-corrected chi connectivity index (χ1v) is 11.6. The molecule has 0 aliphatic carbocycles. The molecule has 34 heavy (non-hydrogen) atoms. The SMILES string of the molecule is CC[C@@H](C(=O)NC(C)(C)C)N(Cc1cccc(OC)c1)C(=O)CCc1ccc(OC)c(OC)c1. The molecule has 1 N–H and O–H groups in total. The van der Waals surface area contributed by atoms with Gasteiger partial charge in [-0.3, -0.25) is 9.59 Å². The van der Waals surface area contributed by atoms with E-state index in [9.17, 15) is 9.59 Å². The molecule has 2 aromatic rings. The average Bonchev–Trinajstić information content (AvgIpc) is 2.81. The molecule has 0 heterocycles. The van der Waals surface area contributed by atoms with Crippen molar-refractivity contribution in [1.82, 2.24) is 10.2 Å². The van der Waals surface area contributed by atoms with Crippen molar-refractivity contribution >= 4 is 11.8 Å². The third kappa shape index (κ3) is 7.68. The Morgan fingerprint density at radius 1 is 0.941 bits per heavy atom. The van der Waals surface area contributed by atoms with Gasteiger partial charge in [0.25, 0.3) is 0 Å². The van der Waals surface area contributed by atoms with Crippen molar-refractivity contribution in [1.29, 1.82) is 0 Å². The topological polar surface area (TPSA) is 77.1 Å². The van der Waals surface area contributed by atoms with E-state index in [0.717, 1.165) is 11.1 Å². The molecule has 2 aromatic carbocycles. The fourth-order valence-corrected chi connectivity index (χ4v) is 3.77. The highest BCUT2D eigenvalue weighted by Crippen LogP contribution is 2.28. The number of amides is 2. The number of hydrogen-bond acceptors (Lipinski definition) is 5. The minimum atomic E-state index is -0.580. The van der Waals surface area contributed by atoms with E-state index in [0.29, 0.717) is 36.6 Å². The van der Waals surface area contributed by atoms with Gasteiger partial charge in [0, 0.05) is 18.5 Å². The predicted molar refractivity (Wildman–Crippen MR) is 133 cm³/mol. The van der Waals surface area contributed by atoms with E-state index in [2.05, 4.69) is 5.32 Å². The van der Waals surface area contributed by atoms with Gasteiger partial charge in [-0.2, -0.15) is 0 Å². The van der Waals surface area contributed by atoms with E-state index in [1.807, 2.05) is 70.2 Å². The van der Waals surface area contributed by atoms with Gasteiger partial charge >= 0.3 is 0 Å². The van der Waals surface area contributed by atoms with Crippen LogP contribution in [0.5, 0.6) is 17.2 Å². The minimum absolute atomic E-state index is 0.0893. The van der Waals surface area contributed by atoms with E-state index in [1.54, 1.807) is 26.2 Å². The molecule has 0 bridgehead atoms. The molecule has 0 saturated carbocycles. The van der Waals surface area contributed by atoms with Gasteiger partial charge in [-0.1, -0.05) is 25.1 Å². The Labute approximate surface area is 203 Å². The summed E-state index contributed by atoms with van der Waals surface area (Å²) in [6.07, 6.45) is 1.29. The summed E-state index contributed by atoms with van der Waals surface area (Å²) in [5, 5.41) is 3.03. The van der Waals surface area contributed by atoms with Crippen molar-refractivity contribution in [2.75, 3.05) is 21.3 Å². The van der Waals surface area contributed by atoms with Crippen LogP contribution in [0.2, 0.25) is 0 Å². The Kier molecular flexibility index (Phi) is 9.78. The summed E-state index contributed by atoms with van der Waals surface area (Å²) in [4.78, 5) is 28.3. The number of nitrogens with one attached hydrogen (secondary N) is 1. The first-order valence-electron chi connectivity index (χ1n) is 11.6. The van der Waals surface area contributed by atoms with Crippen LogP contribution in [0.15, 0.2) is 42.5 Å². The predicted octanol–water partition coefficient (Wildman–Crippen LogP) is 4.37. The van der Waals surface area contributed by atoms with Gasteiger partial charge in [-0.25, -0.2) is 0 Å². The van der Waals surface area contributed by atoms with E-state index in [-0.39, 0.29) is 18.2 Å². The fourth-order valence-electron chi connectivity index (χ4n) is 3.77. The van der Waals surface area contributed by atoms with Crippen LogP contribution in [0.1, 0.15) is 51.7 Å². The third-order valence-corrected chi connectivity index (χ3v) is 5.45. The molecule has 0 spiro atoms. The smallest absolute Gasteiger partial charge is 0.243 e. The van der Waals surface area contributed by atoms with Gasteiger partial charge in [0.05, 0.1) is 21.3 Å². The van der Waals surface area contributed by atoms with Crippen LogP contribution in [0.3, 0.4) is 0 Å². The lowest BCUT2D eigenvalue weighted by atomic mass is 10.0. The molecule has 1 atom stereocenters. The largest absolute Gasteiger partial charge is 0.497 e. The highest BCUT2D eigenvalue weighted by molar-refractivity contribution is 5.88. The highest BCUT2D eigenvalue weighted by Gasteiger charge is 2.30. The van der Waals surface area contributed by atoms with Crippen LogP contribution in [0, 0.1) is 0 Å². The van der Waals surface area contributed by atoms with Crippen LogP contribution < -0.4 is 19.5 Å². The second-order valence-electron chi connectivity index (χ2n) is 9.23. The quantitative estimate of drug-likeness (QED) is 0.528. The molecule has 0 aliphatic heterocycles. The summed E-state index contributed by atoms with van der Waals surface area (Å²) < 4.78 is 16.0. The van der Waals surface area contributed by atoms with Crippen LogP contribution in [-0.4, -0.2) is 49.6 Å². The lowest BCUT2D eigenvalue weighted by Gasteiger charge is -2.33. The molecule has 0 fully saturated rings. The maximum atomic E-state index is 13.5. The summed E-state index contributed by atoms with van der Waals surface area (Å²) in [6.45, 7) is 8.04. The molecule has 0 saturated heterocycles. The summed E-state index contributed by atoms with van der Waals surface area (Å²) >= 11 is 0.